The summed E-state index contributed by atoms with van der Waals surface area (Å²) in [6.07, 6.45) is 0. The summed E-state index contributed by atoms with van der Waals surface area (Å²) in [4.78, 5) is 0. The van der Waals surface area contributed by atoms with Gasteiger partial charge in [0.1, 0.15) is 0 Å². The van der Waals surface area contributed by atoms with E-state index < -0.39 is 14.8 Å². The van der Waals surface area contributed by atoms with Gasteiger partial charge in [-0.3, -0.25) is 4.18 Å². The molecule has 0 heterocycles. The number of rotatable bonds is 2. The smallest absolute Gasteiger partial charge is 0.266 e. The summed E-state index contributed by atoms with van der Waals surface area (Å²) in [5.74, 6) is 0. The quantitative estimate of drug-likeness (QED) is 0.417. The van der Waals surface area contributed by atoms with Crippen LogP contribution in [0.25, 0.3) is 0 Å². The van der Waals surface area contributed by atoms with E-state index in [0.29, 0.717) is 0 Å². The van der Waals surface area contributed by atoms with Crippen molar-refractivity contribution in [3.63, 3.8) is 0 Å². The normalized spacial score (nSPS) is 14.8. The summed E-state index contributed by atoms with van der Waals surface area (Å²) in [5, 5.41) is 0. The van der Waals surface area contributed by atoms with E-state index in [9.17, 15) is 8.42 Å². The van der Waals surface area contributed by atoms with Gasteiger partial charge in [-0.15, -0.1) is 0 Å². The fourth-order valence-corrected chi connectivity index (χ4v) is 2.99. The minimum atomic E-state index is -3.87. The van der Waals surface area contributed by atoms with Gasteiger partial charge in [0.2, 0.25) is 2.57 Å². The Labute approximate surface area is 113 Å². The van der Waals surface area contributed by atoms with Gasteiger partial charge in [0, 0.05) is 0 Å². The van der Waals surface area contributed by atoms with Crippen LogP contribution < -0.4 is 0 Å². The Balaban J connectivity index is 5.14. The number of halogens is 5. The third kappa shape index (κ3) is 2.90. The predicted molar refractivity (Wildman–Crippen MR) is 65.5 cm³/mol. The van der Waals surface area contributed by atoms with Crippen molar-refractivity contribution in [2.24, 2.45) is 0 Å². The van der Waals surface area contributed by atoms with Crippen LogP contribution >= 0.6 is 79.6 Å². The van der Waals surface area contributed by atoms with Crippen molar-refractivity contribution in [2.45, 2.75) is 4.71 Å². The monoisotopic (exact) mass is 513 g/mol. The summed E-state index contributed by atoms with van der Waals surface area (Å²) >= 11 is 14.9. The number of hydrogen-bond donors (Lipinski definition) is 0. The molecular formula is C3H2Br5O3S. The van der Waals surface area contributed by atoms with Gasteiger partial charge in [-0.2, -0.15) is 8.42 Å². The molecule has 0 unspecified atom stereocenters. The van der Waals surface area contributed by atoms with Crippen LogP contribution in [0, 0.1) is 7.11 Å². The van der Waals surface area contributed by atoms with Gasteiger partial charge in [-0.25, -0.2) is 0 Å². The van der Waals surface area contributed by atoms with Crippen LogP contribution in [0.3, 0.4) is 0 Å². The Bertz CT molecular complexity index is 252. The Morgan fingerprint density at radius 2 is 1.42 bits per heavy atom. The van der Waals surface area contributed by atoms with Crippen LogP contribution in [-0.4, -0.2) is 13.1 Å². The van der Waals surface area contributed by atoms with E-state index in [4.69, 9.17) is 0 Å². The second-order valence-corrected chi connectivity index (χ2v) is 14.6. The SMILES string of the molecule is [CH2]OS(=O)(=O)C(Br)(Br)C(Br)(Br)Br. The summed E-state index contributed by atoms with van der Waals surface area (Å²) in [6, 6.07) is 0. The molecule has 0 aliphatic heterocycles. The molecule has 9 heteroatoms. The zero-order chi connectivity index (χ0) is 10.2. The Morgan fingerprint density at radius 3 is 1.50 bits per heavy atom. The third-order valence-electron chi connectivity index (χ3n) is 0.799. The van der Waals surface area contributed by atoms with E-state index >= 15 is 0 Å². The highest BCUT2D eigenvalue weighted by Crippen LogP contribution is 2.55. The van der Waals surface area contributed by atoms with Gasteiger partial charge in [-0.1, -0.05) is 47.8 Å². The molecule has 73 valence electrons. The lowest BCUT2D eigenvalue weighted by Crippen LogP contribution is -2.37. The lowest BCUT2D eigenvalue weighted by Gasteiger charge is -2.27. The van der Waals surface area contributed by atoms with E-state index in [1.807, 2.05) is 0 Å². The van der Waals surface area contributed by atoms with Crippen LogP contribution in [0.5, 0.6) is 0 Å². The van der Waals surface area contributed by atoms with Crippen molar-refractivity contribution >= 4 is 89.8 Å². The largest absolute Gasteiger partial charge is 0.296 e. The highest BCUT2D eigenvalue weighted by molar-refractivity contribution is 9.42. The van der Waals surface area contributed by atoms with Gasteiger partial charge in [-0.05, 0) is 31.9 Å². The Kier molecular flexibility index (Phi) is 5.30. The van der Waals surface area contributed by atoms with Crippen molar-refractivity contribution in [1.29, 1.82) is 0 Å². The molecule has 0 aromatic rings. The van der Waals surface area contributed by atoms with E-state index in [2.05, 4.69) is 90.9 Å². The molecule has 0 amide bonds. The van der Waals surface area contributed by atoms with Gasteiger partial charge in [0.25, 0.3) is 10.1 Å². The minimum Gasteiger partial charge on any atom is -0.266 e. The molecule has 0 atom stereocenters. The Hall–Kier alpha value is 2.31. The molecule has 0 bridgehead atoms. The van der Waals surface area contributed by atoms with E-state index in [-0.39, 0.29) is 0 Å². The highest BCUT2D eigenvalue weighted by atomic mass is 80.0. The molecule has 0 aliphatic rings. The molecule has 1 radical (unpaired) electrons. The molecule has 0 saturated carbocycles. The molecular weight excluding hydrogens is 516 g/mol. The van der Waals surface area contributed by atoms with Gasteiger partial charge in [0.05, 0.1) is 7.11 Å². The first-order chi connectivity index (χ1) is 5.06. The van der Waals surface area contributed by atoms with Gasteiger partial charge >= 0.3 is 0 Å². The maximum absolute atomic E-state index is 11.2. The third-order valence-corrected chi connectivity index (χ3v) is 11.4. The second kappa shape index (κ2) is 4.44. The van der Waals surface area contributed by atoms with Crippen LogP contribution in [-0.2, 0) is 14.3 Å². The highest BCUT2D eigenvalue weighted by Gasteiger charge is 2.54. The summed E-state index contributed by atoms with van der Waals surface area (Å²) in [7, 11) is -1.05. The van der Waals surface area contributed by atoms with E-state index in [1.54, 1.807) is 0 Å². The molecule has 0 aliphatic carbocycles. The molecule has 0 spiro atoms. The summed E-state index contributed by atoms with van der Waals surface area (Å²) < 4.78 is 23.8. The average Bonchev–Trinajstić information content (AvgIpc) is 1.85. The molecule has 3 nitrogen and oxygen atoms in total. The first-order valence-electron chi connectivity index (χ1n) is 2.19. The second-order valence-electron chi connectivity index (χ2n) is 1.59. The lowest BCUT2D eigenvalue weighted by molar-refractivity contribution is 0.435. The molecule has 0 aromatic heterocycles. The molecule has 0 fully saturated rings. The fourth-order valence-electron chi connectivity index (χ4n) is 0.216. The topological polar surface area (TPSA) is 43.4 Å². The predicted octanol–water partition coefficient (Wildman–Crippen LogP) is 3.41. The van der Waals surface area contributed by atoms with Crippen molar-refractivity contribution in [1.82, 2.24) is 0 Å². The van der Waals surface area contributed by atoms with Gasteiger partial charge < -0.3 is 0 Å². The first kappa shape index (κ1) is 14.3. The van der Waals surface area contributed by atoms with Crippen molar-refractivity contribution in [3.05, 3.63) is 7.11 Å². The Morgan fingerprint density at radius 1 is 1.08 bits per heavy atom. The zero-order valence-electron chi connectivity index (χ0n) is 5.23. The van der Waals surface area contributed by atoms with Crippen LogP contribution in [0.4, 0.5) is 0 Å². The van der Waals surface area contributed by atoms with Crippen molar-refractivity contribution in [2.75, 3.05) is 0 Å². The fraction of sp³-hybridized carbons (Fsp3) is 0.667. The standard InChI is InChI=1S/C3H2Br5O3S/c1-11-12(9,10)3(7,8)2(4,5)6/h1H2. The van der Waals surface area contributed by atoms with Crippen molar-refractivity contribution in [3.8, 4) is 0 Å². The molecule has 12 heavy (non-hydrogen) atoms. The maximum Gasteiger partial charge on any atom is 0.296 e. The van der Waals surface area contributed by atoms with E-state index in [1.165, 1.54) is 0 Å². The summed E-state index contributed by atoms with van der Waals surface area (Å²) in [6.45, 7) is 0. The van der Waals surface area contributed by atoms with E-state index in [0.717, 1.165) is 0 Å². The van der Waals surface area contributed by atoms with Gasteiger partial charge in [0.15, 0.2) is 2.14 Å². The zero-order valence-corrected chi connectivity index (χ0v) is 14.0. The lowest BCUT2D eigenvalue weighted by atomic mass is 11.0. The molecule has 0 N–H and O–H groups in total. The maximum atomic E-state index is 11.2. The molecule has 0 rings (SSSR count). The van der Waals surface area contributed by atoms with Crippen molar-refractivity contribution < 1.29 is 12.6 Å². The minimum absolute atomic E-state index is 1.10. The number of hydrogen-bond acceptors (Lipinski definition) is 3. The molecule has 0 aromatic carbocycles. The van der Waals surface area contributed by atoms with Crippen LogP contribution in [0.1, 0.15) is 0 Å². The first-order valence-corrected chi connectivity index (χ1v) is 7.56. The molecule has 0 saturated heterocycles. The van der Waals surface area contributed by atoms with Crippen LogP contribution in [0.15, 0.2) is 0 Å². The number of alkyl halides is 5. The summed E-state index contributed by atoms with van der Waals surface area (Å²) in [5.41, 5.74) is 0. The average molecular weight is 518 g/mol. The van der Waals surface area contributed by atoms with Crippen LogP contribution in [0.2, 0.25) is 0 Å².